The molecule has 0 aromatic carbocycles. The Hall–Kier alpha value is -0.0800. The summed E-state index contributed by atoms with van der Waals surface area (Å²) in [5.41, 5.74) is 3.21. The van der Waals surface area contributed by atoms with E-state index in [1.807, 2.05) is 0 Å². The van der Waals surface area contributed by atoms with Gasteiger partial charge in [-0.1, -0.05) is 65.2 Å². The lowest BCUT2D eigenvalue weighted by molar-refractivity contribution is 0.101. The Morgan fingerprint density at radius 2 is 1.81 bits per heavy atom. The molecule has 0 amide bonds. The van der Waals surface area contributed by atoms with Gasteiger partial charge in [-0.3, -0.25) is 11.3 Å². The Kier molecular flexibility index (Phi) is 7.53. The molecule has 0 bridgehead atoms. The Balaban J connectivity index is 1.85. The average molecular weight is 295 g/mol. The molecule has 0 heterocycles. The summed E-state index contributed by atoms with van der Waals surface area (Å²) in [5.74, 6) is 9.73. The van der Waals surface area contributed by atoms with Gasteiger partial charge >= 0.3 is 0 Å². The minimum absolute atomic E-state index is 0.565. The van der Waals surface area contributed by atoms with E-state index in [1.165, 1.54) is 77.0 Å². The zero-order valence-electron chi connectivity index (χ0n) is 14.4. The topological polar surface area (TPSA) is 38.0 Å². The third kappa shape index (κ3) is 4.96. The normalized spacial score (nSPS) is 32.4. The van der Waals surface area contributed by atoms with Crippen LogP contribution in [0.4, 0.5) is 0 Å². The standard InChI is InChI=1S/C19H38N2/c1-3-5-8-15(4-2)13-19(21-20)18-12-11-16-9-6-7-10-17(16)14-18/h15-19,21H,3-14,20H2,1-2H3. The minimum Gasteiger partial charge on any atom is -0.271 e. The molecule has 2 nitrogen and oxygen atoms in total. The summed E-state index contributed by atoms with van der Waals surface area (Å²) in [7, 11) is 0. The van der Waals surface area contributed by atoms with Crippen LogP contribution in [0.2, 0.25) is 0 Å². The fourth-order valence-corrected chi connectivity index (χ4v) is 5.01. The number of nitrogens with two attached hydrogens (primary N) is 1. The van der Waals surface area contributed by atoms with Crippen LogP contribution in [-0.2, 0) is 0 Å². The number of rotatable bonds is 8. The number of hydrazine groups is 1. The van der Waals surface area contributed by atoms with Crippen molar-refractivity contribution in [2.24, 2.45) is 29.5 Å². The van der Waals surface area contributed by atoms with E-state index in [0.29, 0.717) is 6.04 Å². The zero-order chi connectivity index (χ0) is 15.1. The first kappa shape index (κ1) is 17.3. The molecule has 21 heavy (non-hydrogen) atoms. The molecular weight excluding hydrogens is 256 g/mol. The molecule has 2 aliphatic rings. The van der Waals surface area contributed by atoms with E-state index >= 15 is 0 Å². The van der Waals surface area contributed by atoms with E-state index in [2.05, 4.69) is 19.3 Å². The maximum absolute atomic E-state index is 5.95. The van der Waals surface area contributed by atoms with Crippen LogP contribution >= 0.6 is 0 Å². The van der Waals surface area contributed by atoms with Crippen LogP contribution in [0.25, 0.3) is 0 Å². The Labute approximate surface area is 132 Å². The van der Waals surface area contributed by atoms with Gasteiger partial charge in [0.2, 0.25) is 0 Å². The highest BCUT2D eigenvalue weighted by atomic mass is 15.2. The first-order valence-electron chi connectivity index (χ1n) is 9.74. The van der Waals surface area contributed by atoms with Gasteiger partial charge in [0.05, 0.1) is 0 Å². The Morgan fingerprint density at radius 3 is 2.48 bits per heavy atom. The second-order valence-corrected chi connectivity index (χ2v) is 7.80. The number of unbranched alkanes of at least 4 members (excludes halogenated alkanes) is 1. The summed E-state index contributed by atoms with van der Waals surface area (Å²) < 4.78 is 0. The number of fused-ring (bicyclic) bond motifs is 1. The van der Waals surface area contributed by atoms with Gasteiger partial charge in [0.1, 0.15) is 0 Å². The van der Waals surface area contributed by atoms with Crippen molar-refractivity contribution in [3.8, 4) is 0 Å². The fraction of sp³-hybridized carbons (Fsp3) is 1.00. The maximum Gasteiger partial charge on any atom is 0.0241 e. The second kappa shape index (κ2) is 9.15. The summed E-state index contributed by atoms with van der Waals surface area (Å²) >= 11 is 0. The van der Waals surface area contributed by atoms with Gasteiger partial charge in [0.25, 0.3) is 0 Å². The van der Waals surface area contributed by atoms with E-state index in [0.717, 1.165) is 23.7 Å². The third-order valence-corrected chi connectivity index (χ3v) is 6.49. The third-order valence-electron chi connectivity index (χ3n) is 6.49. The molecule has 0 radical (unpaired) electrons. The lowest BCUT2D eigenvalue weighted by Crippen LogP contribution is -2.45. The van der Waals surface area contributed by atoms with Crippen molar-refractivity contribution in [1.82, 2.24) is 5.43 Å². The van der Waals surface area contributed by atoms with Gasteiger partial charge in [-0.05, 0) is 49.4 Å². The number of hydrogen-bond donors (Lipinski definition) is 2. The molecule has 2 aliphatic carbocycles. The van der Waals surface area contributed by atoms with Crippen molar-refractivity contribution in [3.05, 3.63) is 0 Å². The first-order valence-corrected chi connectivity index (χ1v) is 9.74. The van der Waals surface area contributed by atoms with Crippen LogP contribution in [0.1, 0.15) is 90.9 Å². The molecule has 2 saturated carbocycles. The summed E-state index contributed by atoms with van der Waals surface area (Å²) in [6, 6.07) is 0.565. The molecule has 2 heteroatoms. The summed E-state index contributed by atoms with van der Waals surface area (Å²) in [6.07, 6.45) is 17.0. The minimum atomic E-state index is 0.565. The lowest BCUT2D eigenvalue weighted by atomic mass is 9.65. The smallest absolute Gasteiger partial charge is 0.0241 e. The molecule has 5 atom stereocenters. The average Bonchev–Trinajstić information content (AvgIpc) is 2.55. The van der Waals surface area contributed by atoms with Crippen LogP contribution in [0.15, 0.2) is 0 Å². The molecule has 0 aliphatic heterocycles. The van der Waals surface area contributed by atoms with E-state index in [1.54, 1.807) is 0 Å². The largest absolute Gasteiger partial charge is 0.271 e. The van der Waals surface area contributed by atoms with Gasteiger partial charge < -0.3 is 0 Å². The SMILES string of the molecule is CCCCC(CC)CC(NN)C1CCC2CCCCC2C1. The highest BCUT2D eigenvalue weighted by Gasteiger charge is 2.35. The van der Waals surface area contributed by atoms with Gasteiger partial charge in [-0.15, -0.1) is 0 Å². The zero-order valence-corrected chi connectivity index (χ0v) is 14.4. The van der Waals surface area contributed by atoms with Crippen LogP contribution in [0, 0.1) is 23.7 Å². The van der Waals surface area contributed by atoms with Crippen molar-refractivity contribution < 1.29 is 0 Å². The van der Waals surface area contributed by atoms with Crippen molar-refractivity contribution in [2.75, 3.05) is 0 Å². The summed E-state index contributed by atoms with van der Waals surface area (Å²) in [5, 5.41) is 0. The lowest BCUT2D eigenvalue weighted by Gasteiger charge is -2.42. The molecule has 124 valence electrons. The number of hydrogen-bond acceptors (Lipinski definition) is 2. The van der Waals surface area contributed by atoms with Gasteiger partial charge in [-0.2, -0.15) is 0 Å². The van der Waals surface area contributed by atoms with Gasteiger partial charge in [0.15, 0.2) is 0 Å². The van der Waals surface area contributed by atoms with E-state index < -0.39 is 0 Å². The van der Waals surface area contributed by atoms with Crippen molar-refractivity contribution in [1.29, 1.82) is 0 Å². The van der Waals surface area contributed by atoms with Crippen LogP contribution < -0.4 is 11.3 Å². The van der Waals surface area contributed by atoms with Crippen LogP contribution in [-0.4, -0.2) is 6.04 Å². The van der Waals surface area contributed by atoms with Crippen molar-refractivity contribution in [3.63, 3.8) is 0 Å². The van der Waals surface area contributed by atoms with Gasteiger partial charge in [-0.25, -0.2) is 0 Å². The van der Waals surface area contributed by atoms with Crippen molar-refractivity contribution >= 4 is 0 Å². The maximum atomic E-state index is 5.95. The molecule has 3 N–H and O–H groups in total. The van der Waals surface area contributed by atoms with Crippen LogP contribution in [0.5, 0.6) is 0 Å². The van der Waals surface area contributed by atoms with Crippen LogP contribution in [0.3, 0.4) is 0 Å². The monoisotopic (exact) mass is 294 g/mol. The van der Waals surface area contributed by atoms with E-state index in [-0.39, 0.29) is 0 Å². The summed E-state index contributed by atoms with van der Waals surface area (Å²) in [4.78, 5) is 0. The second-order valence-electron chi connectivity index (χ2n) is 7.80. The first-order chi connectivity index (χ1) is 10.3. The van der Waals surface area contributed by atoms with E-state index in [9.17, 15) is 0 Å². The quantitative estimate of drug-likeness (QED) is 0.486. The highest BCUT2D eigenvalue weighted by Crippen LogP contribution is 2.44. The van der Waals surface area contributed by atoms with Gasteiger partial charge in [0, 0.05) is 6.04 Å². The Morgan fingerprint density at radius 1 is 1.05 bits per heavy atom. The molecule has 0 aromatic rings. The molecule has 0 saturated heterocycles. The molecule has 2 rings (SSSR count). The molecule has 0 spiro atoms. The summed E-state index contributed by atoms with van der Waals surface area (Å²) in [6.45, 7) is 4.65. The molecule has 2 fully saturated rings. The molecule has 0 aromatic heterocycles. The number of nitrogens with one attached hydrogen (secondary N) is 1. The highest BCUT2D eigenvalue weighted by molar-refractivity contribution is 4.88. The molecule has 5 unspecified atom stereocenters. The molecular formula is C19H38N2. The fourth-order valence-electron chi connectivity index (χ4n) is 5.01. The Bertz CT molecular complexity index is 279. The van der Waals surface area contributed by atoms with E-state index in [4.69, 9.17) is 5.84 Å². The van der Waals surface area contributed by atoms with Crippen molar-refractivity contribution in [2.45, 2.75) is 96.9 Å². The predicted octanol–water partition coefficient (Wildman–Crippen LogP) is 5.03. The predicted molar refractivity (Wildman–Crippen MR) is 91.8 cm³/mol.